The van der Waals surface area contributed by atoms with E-state index in [0.29, 0.717) is 41.4 Å². The van der Waals surface area contributed by atoms with E-state index in [9.17, 15) is 9.59 Å². The lowest BCUT2D eigenvalue weighted by molar-refractivity contribution is -0.144. The van der Waals surface area contributed by atoms with Crippen LogP contribution in [0.3, 0.4) is 0 Å². The summed E-state index contributed by atoms with van der Waals surface area (Å²) in [6.45, 7) is 0. The molecule has 0 aromatic heterocycles. The van der Waals surface area contributed by atoms with Gasteiger partial charge in [-0.15, -0.1) is 0 Å². The molecule has 2 aromatic rings. The highest BCUT2D eigenvalue weighted by atomic mass is 32.1. The second kappa shape index (κ2) is 9.26. The van der Waals surface area contributed by atoms with Crippen molar-refractivity contribution < 1.29 is 9.59 Å². The predicted molar refractivity (Wildman–Crippen MR) is 135 cm³/mol. The fourth-order valence-electron chi connectivity index (χ4n) is 6.59. The Hall–Kier alpha value is -2.73. The number of rotatable bonds is 6. The summed E-state index contributed by atoms with van der Waals surface area (Å²) < 4.78 is 0. The van der Waals surface area contributed by atoms with Gasteiger partial charge in [0, 0.05) is 17.8 Å². The number of anilines is 2. The molecule has 6 heteroatoms. The second-order valence-electron chi connectivity index (χ2n) is 10.2. The Kier molecular flexibility index (Phi) is 6.19. The first-order valence-electron chi connectivity index (χ1n) is 12.0. The monoisotopic (exact) mass is 461 g/mol. The van der Waals surface area contributed by atoms with Crippen molar-refractivity contribution in [2.45, 2.75) is 51.4 Å². The molecule has 33 heavy (non-hydrogen) atoms. The molecule has 4 saturated carbocycles. The summed E-state index contributed by atoms with van der Waals surface area (Å²) in [5.41, 5.74) is 2.36. The van der Waals surface area contributed by atoms with Crippen LogP contribution in [-0.4, -0.2) is 16.9 Å². The van der Waals surface area contributed by atoms with Crippen LogP contribution in [0, 0.1) is 23.2 Å². The highest BCUT2D eigenvalue weighted by molar-refractivity contribution is 7.80. The van der Waals surface area contributed by atoms with Crippen molar-refractivity contribution in [1.29, 1.82) is 0 Å². The third-order valence-corrected chi connectivity index (χ3v) is 7.84. The minimum absolute atomic E-state index is 0.0336. The van der Waals surface area contributed by atoms with Crippen LogP contribution in [0.2, 0.25) is 0 Å². The maximum atomic E-state index is 13.2. The summed E-state index contributed by atoms with van der Waals surface area (Å²) in [5, 5.41) is 9.37. The van der Waals surface area contributed by atoms with Crippen molar-refractivity contribution in [2.24, 2.45) is 23.2 Å². The van der Waals surface area contributed by atoms with E-state index in [0.717, 1.165) is 30.5 Å². The molecule has 0 radical (unpaired) electrons. The van der Waals surface area contributed by atoms with Gasteiger partial charge < -0.3 is 16.0 Å². The topological polar surface area (TPSA) is 70.2 Å². The Bertz CT molecular complexity index is 1020. The van der Waals surface area contributed by atoms with E-state index in [4.69, 9.17) is 12.2 Å². The number of carbonyl (C=O) groups is 2. The second-order valence-corrected chi connectivity index (χ2v) is 10.6. The fraction of sp³-hybridized carbons (Fsp3) is 0.444. The molecule has 4 aliphatic carbocycles. The lowest BCUT2D eigenvalue weighted by Crippen LogP contribution is -2.55. The molecule has 0 saturated heterocycles. The molecule has 172 valence electrons. The summed E-state index contributed by atoms with van der Waals surface area (Å²) in [7, 11) is 0. The standard InChI is InChI=1S/C27H31N3O2S/c31-24(10-9-18-5-2-1-3-6-18)28-22-7-4-8-23(14-22)29-26(33)30-25(32)27-15-19-11-20(16-27)13-21(12-19)17-27/h1-8,14,19-21H,9-13,15-17H2,(H,28,31)(H2,29,30,32,33). The Balaban J connectivity index is 1.14. The van der Waals surface area contributed by atoms with Crippen LogP contribution >= 0.6 is 12.2 Å². The van der Waals surface area contributed by atoms with Gasteiger partial charge in [0.25, 0.3) is 0 Å². The summed E-state index contributed by atoms with van der Waals surface area (Å²) in [6.07, 6.45) is 8.07. The zero-order valence-corrected chi connectivity index (χ0v) is 19.6. The first-order valence-corrected chi connectivity index (χ1v) is 12.4. The molecule has 0 atom stereocenters. The lowest BCUT2D eigenvalue weighted by atomic mass is 9.49. The third-order valence-electron chi connectivity index (χ3n) is 7.63. The zero-order valence-electron chi connectivity index (χ0n) is 18.8. The largest absolute Gasteiger partial charge is 0.332 e. The number of thiocarbonyl (C=S) groups is 1. The van der Waals surface area contributed by atoms with E-state index in [1.165, 1.54) is 19.3 Å². The Morgan fingerprint density at radius 3 is 2.09 bits per heavy atom. The van der Waals surface area contributed by atoms with Gasteiger partial charge in [-0.2, -0.15) is 0 Å². The Labute approximate surface area is 200 Å². The number of benzene rings is 2. The zero-order chi connectivity index (χ0) is 22.8. The van der Waals surface area contributed by atoms with E-state index < -0.39 is 0 Å². The highest BCUT2D eigenvalue weighted by Crippen LogP contribution is 2.60. The first-order chi connectivity index (χ1) is 16.0. The molecule has 0 aliphatic heterocycles. The van der Waals surface area contributed by atoms with Gasteiger partial charge in [0.05, 0.1) is 5.41 Å². The summed E-state index contributed by atoms with van der Waals surface area (Å²) in [6, 6.07) is 17.4. The summed E-state index contributed by atoms with van der Waals surface area (Å²) >= 11 is 5.46. The van der Waals surface area contributed by atoms with Gasteiger partial charge >= 0.3 is 0 Å². The van der Waals surface area contributed by atoms with Gasteiger partial charge in [0.15, 0.2) is 5.11 Å². The molecular weight excluding hydrogens is 430 g/mol. The van der Waals surface area contributed by atoms with Gasteiger partial charge in [0.1, 0.15) is 0 Å². The molecule has 5 nitrogen and oxygen atoms in total. The Morgan fingerprint density at radius 2 is 1.45 bits per heavy atom. The van der Waals surface area contributed by atoms with Crippen molar-refractivity contribution in [3.05, 3.63) is 60.2 Å². The average Bonchev–Trinajstić information content (AvgIpc) is 2.77. The van der Waals surface area contributed by atoms with Gasteiger partial charge in [0.2, 0.25) is 11.8 Å². The molecule has 4 fully saturated rings. The van der Waals surface area contributed by atoms with Crippen LogP contribution in [0.4, 0.5) is 11.4 Å². The van der Waals surface area contributed by atoms with Crippen LogP contribution in [0.5, 0.6) is 0 Å². The molecule has 6 rings (SSSR count). The third kappa shape index (κ3) is 5.11. The average molecular weight is 462 g/mol. The normalized spacial score (nSPS) is 27.1. The molecule has 2 aromatic carbocycles. The van der Waals surface area contributed by atoms with Crippen LogP contribution < -0.4 is 16.0 Å². The van der Waals surface area contributed by atoms with Crippen LogP contribution in [-0.2, 0) is 16.0 Å². The van der Waals surface area contributed by atoms with E-state index in [2.05, 4.69) is 16.0 Å². The van der Waals surface area contributed by atoms with E-state index in [1.54, 1.807) is 0 Å². The maximum absolute atomic E-state index is 13.2. The maximum Gasteiger partial charge on any atom is 0.232 e. The molecule has 0 unspecified atom stereocenters. The van der Waals surface area contributed by atoms with Gasteiger partial charge in [-0.25, -0.2) is 0 Å². The molecule has 0 spiro atoms. The minimum Gasteiger partial charge on any atom is -0.332 e. The number of aryl methyl sites for hydroxylation is 1. The molecule has 3 N–H and O–H groups in total. The highest BCUT2D eigenvalue weighted by Gasteiger charge is 2.54. The predicted octanol–water partition coefficient (Wildman–Crippen LogP) is 5.29. The SMILES string of the molecule is O=C(CCc1ccccc1)Nc1cccc(NC(=S)NC(=O)C23CC4CC(CC(C4)C2)C3)c1. The van der Waals surface area contributed by atoms with Crippen LogP contribution in [0.1, 0.15) is 50.5 Å². The van der Waals surface area contributed by atoms with Crippen molar-refractivity contribution >= 4 is 40.5 Å². The molecule has 2 amide bonds. The number of amides is 2. The molecular formula is C27H31N3O2S. The smallest absolute Gasteiger partial charge is 0.232 e. The van der Waals surface area contributed by atoms with Crippen molar-refractivity contribution in [2.75, 3.05) is 10.6 Å². The molecule has 4 aliphatic rings. The quantitative estimate of drug-likeness (QED) is 0.512. The van der Waals surface area contributed by atoms with Crippen LogP contribution in [0.25, 0.3) is 0 Å². The van der Waals surface area contributed by atoms with E-state index in [1.807, 2.05) is 54.6 Å². The van der Waals surface area contributed by atoms with Crippen molar-refractivity contribution in [3.63, 3.8) is 0 Å². The number of hydrogen-bond acceptors (Lipinski definition) is 3. The number of hydrogen-bond donors (Lipinski definition) is 3. The van der Waals surface area contributed by atoms with Crippen LogP contribution in [0.15, 0.2) is 54.6 Å². The van der Waals surface area contributed by atoms with Crippen molar-refractivity contribution in [3.8, 4) is 0 Å². The molecule has 0 heterocycles. The lowest BCUT2D eigenvalue weighted by Gasteiger charge is -2.55. The Morgan fingerprint density at radius 1 is 0.848 bits per heavy atom. The fourth-order valence-corrected chi connectivity index (χ4v) is 6.80. The van der Waals surface area contributed by atoms with E-state index >= 15 is 0 Å². The van der Waals surface area contributed by atoms with Gasteiger partial charge in [-0.05, 0) is 98.7 Å². The first kappa shape index (κ1) is 22.1. The van der Waals surface area contributed by atoms with Gasteiger partial charge in [-0.3, -0.25) is 9.59 Å². The van der Waals surface area contributed by atoms with Crippen molar-refractivity contribution in [1.82, 2.24) is 5.32 Å². The minimum atomic E-state index is -0.227. The molecule has 4 bridgehead atoms. The number of carbonyl (C=O) groups excluding carboxylic acids is 2. The summed E-state index contributed by atoms with van der Waals surface area (Å²) in [4.78, 5) is 25.6. The van der Waals surface area contributed by atoms with E-state index in [-0.39, 0.29) is 17.2 Å². The summed E-state index contributed by atoms with van der Waals surface area (Å²) in [5.74, 6) is 2.19. The van der Waals surface area contributed by atoms with Gasteiger partial charge in [-0.1, -0.05) is 36.4 Å². The number of nitrogens with one attached hydrogen (secondary N) is 3.